The minimum Gasteiger partial charge on any atom is -0.465 e. The van der Waals surface area contributed by atoms with E-state index < -0.39 is 0 Å². The van der Waals surface area contributed by atoms with Crippen LogP contribution in [-0.4, -0.2) is 25.3 Å². The molecule has 0 aliphatic carbocycles. The van der Waals surface area contributed by atoms with E-state index in [-0.39, 0.29) is 5.97 Å². The molecular weight excluding hydrogens is 156 g/mol. The lowest BCUT2D eigenvalue weighted by Crippen LogP contribution is -2.27. The van der Waals surface area contributed by atoms with Gasteiger partial charge in [-0.25, -0.2) is 0 Å². The number of esters is 1. The molecule has 0 N–H and O–H groups in total. The van der Waals surface area contributed by atoms with Crippen LogP contribution in [0.25, 0.3) is 0 Å². The molecule has 1 aliphatic rings. The van der Waals surface area contributed by atoms with Crippen LogP contribution >= 0.6 is 0 Å². The Labute approximate surface area is 73.0 Å². The van der Waals surface area contributed by atoms with Crippen LogP contribution in [-0.2, 0) is 14.3 Å². The van der Waals surface area contributed by atoms with Gasteiger partial charge in [0.2, 0.25) is 0 Å². The number of carbonyl (C=O) groups excluding carboxylic acids is 1. The van der Waals surface area contributed by atoms with Crippen LogP contribution < -0.4 is 0 Å². The van der Waals surface area contributed by atoms with E-state index in [4.69, 9.17) is 9.47 Å². The van der Waals surface area contributed by atoms with Crippen LogP contribution in [0.4, 0.5) is 0 Å². The first-order valence-corrected chi connectivity index (χ1v) is 4.43. The molecule has 70 valence electrons. The molecule has 3 heteroatoms. The summed E-state index contributed by atoms with van der Waals surface area (Å²) in [4.78, 5) is 10.5. The second kappa shape index (κ2) is 4.45. The van der Waals surface area contributed by atoms with E-state index in [0.717, 1.165) is 19.4 Å². The second-order valence-electron chi connectivity index (χ2n) is 3.39. The third-order valence-electron chi connectivity index (χ3n) is 2.12. The van der Waals surface area contributed by atoms with E-state index in [9.17, 15) is 4.79 Å². The third-order valence-corrected chi connectivity index (χ3v) is 2.12. The lowest BCUT2D eigenvalue weighted by Gasteiger charge is -2.26. The van der Waals surface area contributed by atoms with Gasteiger partial charge in [0.25, 0.3) is 0 Å². The summed E-state index contributed by atoms with van der Waals surface area (Å²) in [6.45, 7) is 4.75. The maximum atomic E-state index is 10.5. The van der Waals surface area contributed by atoms with Crippen molar-refractivity contribution in [3.8, 4) is 0 Å². The predicted molar refractivity (Wildman–Crippen MR) is 44.8 cm³/mol. The molecule has 0 bridgehead atoms. The fourth-order valence-electron chi connectivity index (χ4n) is 1.30. The molecule has 1 saturated heterocycles. The molecule has 0 radical (unpaired) electrons. The van der Waals surface area contributed by atoms with Gasteiger partial charge in [-0.15, -0.1) is 0 Å². The smallest absolute Gasteiger partial charge is 0.302 e. The van der Waals surface area contributed by atoms with Crippen molar-refractivity contribution in [3.05, 3.63) is 0 Å². The topological polar surface area (TPSA) is 35.5 Å². The maximum Gasteiger partial charge on any atom is 0.302 e. The molecule has 1 aliphatic heterocycles. The monoisotopic (exact) mass is 172 g/mol. The Morgan fingerprint density at radius 3 is 2.83 bits per heavy atom. The molecular formula is C9H16O3. The first kappa shape index (κ1) is 9.52. The highest BCUT2D eigenvalue weighted by atomic mass is 16.5. The van der Waals surface area contributed by atoms with Crippen molar-refractivity contribution < 1.29 is 14.3 Å². The SMILES string of the molecule is CC(=O)OCC1CCC(C)OC1. The van der Waals surface area contributed by atoms with E-state index in [2.05, 4.69) is 6.92 Å². The largest absolute Gasteiger partial charge is 0.465 e. The first-order chi connectivity index (χ1) is 5.68. The minimum atomic E-state index is -0.200. The second-order valence-corrected chi connectivity index (χ2v) is 3.39. The van der Waals surface area contributed by atoms with E-state index in [1.54, 1.807) is 0 Å². The molecule has 1 rings (SSSR count). The Kier molecular flexibility index (Phi) is 3.53. The van der Waals surface area contributed by atoms with Crippen LogP contribution in [0.1, 0.15) is 26.7 Å². The molecule has 0 aromatic rings. The van der Waals surface area contributed by atoms with E-state index in [1.165, 1.54) is 6.92 Å². The van der Waals surface area contributed by atoms with Crippen LogP contribution in [0.3, 0.4) is 0 Å². The molecule has 12 heavy (non-hydrogen) atoms. The molecule has 0 saturated carbocycles. The average Bonchev–Trinajstić information content (AvgIpc) is 2.03. The van der Waals surface area contributed by atoms with E-state index in [1.807, 2.05) is 0 Å². The molecule has 1 fully saturated rings. The summed E-state index contributed by atoms with van der Waals surface area (Å²) in [5.74, 6) is 0.207. The lowest BCUT2D eigenvalue weighted by atomic mass is 10.0. The van der Waals surface area contributed by atoms with Gasteiger partial charge in [-0.2, -0.15) is 0 Å². The zero-order chi connectivity index (χ0) is 8.97. The van der Waals surface area contributed by atoms with Crippen molar-refractivity contribution in [2.45, 2.75) is 32.8 Å². The average molecular weight is 172 g/mol. The van der Waals surface area contributed by atoms with Crippen molar-refractivity contribution in [3.63, 3.8) is 0 Å². The molecule has 1 heterocycles. The van der Waals surface area contributed by atoms with Crippen LogP contribution in [0.5, 0.6) is 0 Å². The quantitative estimate of drug-likeness (QED) is 0.590. The normalized spacial score (nSPS) is 29.8. The van der Waals surface area contributed by atoms with E-state index in [0.29, 0.717) is 18.6 Å². The first-order valence-electron chi connectivity index (χ1n) is 4.43. The van der Waals surface area contributed by atoms with Crippen LogP contribution in [0.15, 0.2) is 0 Å². The summed E-state index contributed by atoms with van der Waals surface area (Å²) in [5, 5.41) is 0. The molecule has 3 nitrogen and oxygen atoms in total. The maximum absolute atomic E-state index is 10.5. The summed E-state index contributed by atoms with van der Waals surface area (Å²) in [6, 6.07) is 0. The van der Waals surface area contributed by atoms with Gasteiger partial charge in [0.1, 0.15) is 0 Å². The third kappa shape index (κ3) is 3.22. The Morgan fingerprint density at radius 2 is 2.33 bits per heavy atom. The van der Waals surface area contributed by atoms with Crippen molar-refractivity contribution >= 4 is 5.97 Å². The van der Waals surface area contributed by atoms with Crippen LogP contribution in [0, 0.1) is 5.92 Å². The summed E-state index contributed by atoms with van der Waals surface area (Å²) in [7, 11) is 0. The fraction of sp³-hybridized carbons (Fsp3) is 0.889. The summed E-state index contributed by atoms with van der Waals surface area (Å²) in [6.07, 6.45) is 2.55. The van der Waals surface area contributed by atoms with Gasteiger partial charge in [-0.05, 0) is 19.8 Å². The molecule has 2 atom stereocenters. The molecule has 0 spiro atoms. The highest BCUT2D eigenvalue weighted by Crippen LogP contribution is 2.18. The number of hydrogen-bond donors (Lipinski definition) is 0. The molecule has 0 aromatic heterocycles. The highest BCUT2D eigenvalue weighted by molar-refractivity contribution is 5.65. The zero-order valence-electron chi connectivity index (χ0n) is 7.71. The summed E-state index contributed by atoms with van der Waals surface area (Å²) >= 11 is 0. The Morgan fingerprint density at radius 1 is 1.58 bits per heavy atom. The van der Waals surface area contributed by atoms with Crippen molar-refractivity contribution in [2.75, 3.05) is 13.2 Å². The van der Waals surface area contributed by atoms with Crippen molar-refractivity contribution in [2.24, 2.45) is 5.92 Å². The lowest BCUT2D eigenvalue weighted by molar-refractivity contribution is -0.144. The van der Waals surface area contributed by atoms with Gasteiger partial charge in [-0.3, -0.25) is 4.79 Å². The zero-order valence-corrected chi connectivity index (χ0v) is 7.71. The van der Waals surface area contributed by atoms with Crippen molar-refractivity contribution in [1.29, 1.82) is 0 Å². The highest BCUT2D eigenvalue weighted by Gasteiger charge is 2.19. The predicted octanol–water partition coefficient (Wildman–Crippen LogP) is 1.36. The molecule has 2 unspecified atom stereocenters. The number of carbonyl (C=O) groups is 1. The van der Waals surface area contributed by atoms with Gasteiger partial charge < -0.3 is 9.47 Å². The number of hydrogen-bond acceptors (Lipinski definition) is 3. The Bertz CT molecular complexity index is 148. The van der Waals surface area contributed by atoms with Gasteiger partial charge in [0.05, 0.1) is 19.3 Å². The number of rotatable bonds is 2. The van der Waals surface area contributed by atoms with Crippen molar-refractivity contribution in [1.82, 2.24) is 0 Å². The Balaban J connectivity index is 2.13. The van der Waals surface area contributed by atoms with Crippen LogP contribution in [0.2, 0.25) is 0 Å². The van der Waals surface area contributed by atoms with Gasteiger partial charge in [-0.1, -0.05) is 0 Å². The van der Waals surface area contributed by atoms with Gasteiger partial charge in [0, 0.05) is 12.8 Å². The summed E-state index contributed by atoms with van der Waals surface area (Å²) < 4.78 is 10.3. The van der Waals surface area contributed by atoms with Gasteiger partial charge in [0.15, 0.2) is 0 Å². The van der Waals surface area contributed by atoms with Gasteiger partial charge >= 0.3 is 5.97 Å². The minimum absolute atomic E-state index is 0.200. The fourth-order valence-corrected chi connectivity index (χ4v) is 1.30. The summed E-state index contributed by atoms with van der Waals surface area (Å²) in [5.41, 5.74) is 0. The number of ether oxygens (including phenoxy) is 2. The molecule has 0 aromatic carbocycles. The standard InChI is InChI=1S/C9H16O3/c1-7-3-4-9(5-11-7)6-12-8(2)10/h7,9H,3-6H2,1-2H3. The Hall–Kier alpha value is -0.570. The van der Waals surface area contributed by atoms with E-state index >= 15 is 0 Å². The molecule has 0 amide bonds.